The average molecular weight is 417 g/mol. The van der Waals surface area contributed by atoms with E-state index in [1.54, 1.807) is 0 Å². The summed E-state index contributed by atoms with van der Waals surface area (Å²) in [6, 6.07) is 27.4. The quantitative estimate of drug-likeness (QED) is 0.415. The van der Waals surface area contributed by atoms with Crippen LogP contribution in [0.1, 0.15) is 12.5 Å². The van der Waals surface area contributed by atoms with Gasteiger partial charge in [0.1, 0.15) is 5.16 Å². The third kappa shape index (κ3) is 3.25. The molecule has 0 amide bonds. The van der Waals surface area contributed by atoms with Gasteiger partial charge in [0, 0.05) is 22.7 Å². The largest absolute Gasteiger partial charge is 0.355 e. The van der Waals surface area contributed by atoms with Crippen molar-refractivity contribution in [2.24, 2.45) is 0 Å². The van der Waals surface area contributed by atoms with E-state index in [2.05, 4.69) is 89.5 Å². The fourth-order valence-corrected chi connectivity index (χ4v) is 5.66. The molecule has 0 N–H and O–H groups in total. The highest BCUT2D eigenvalue weighted by atomic mass is 35.5. The van der Waals surface area contributed by atoms with Crippen molar-refractivity contribution in [3.05, 3.63) is 102 Å². The van der Waals surface area contributed by atoms with Crippen LogP contribution in [-0.2, 0) is 0 Å². The van der Waals surface area contributed by atoms with E-state index >= 15 is 0 Å². The van der Waals surface area contributed by atoms with Crippen LogP contribution >= 0.6 is 23.4 Å². The molecule has 3 aromatic rings. The molecule has 2 nitrogen and oxygen atoms in total. The minimum absolute atomic E-state index is 0.254. The molecule has 0 fully saturated rings. The van der Waals surface area contributed by atoms with Crippen molar-refractivity contribution < 1.29 is 0 Å². The van der Waals surface area contributed by atoms with Gasteiger partial charge in [-0.15, -0.1) is 0 Å². The number of fused-ring (bicyclic) bond motifs is 2. The summed E-state index contributed by atoms with van der Waals surface area (Å²) in [5.41, 5.74) is 5.86. The smallest absolute Gasteiger partial charge is 0.114 e. The zero-order valence-electron chi connectivity index (χ0n) is 16.1. The summed E-state index contributed by atoms with van der Waals surface area (Å²) in [4.78, 5) is 5.89. The van der Waals surface area contributed by atoms with E-state index in [9.17, 15) is 0 Å². The Morgan fingerprint density at radius 1 is 0.897 bits per heavy atom. The van der Waals surface area contributed by atoms with Gasteiger partial charge in [0.15, 0.2) is 0 Å². The maximum absolute atomic E-state index is 6.81. The van der Waals surface area contributed by atoms with E-state index in [1.807, 2.05) is 30.0 Å². The zero-order chi connectivity index (χ0) is 19.8. The first-order chi connectivity index (χ1) is 14.3. The lowest BCUT2D eigenvalue weighted by molar-refractivity contribution is 0.879. The van der Waals surface area contributed by atoms with Gasteiger partial charge < -0.3 is 9.80 Å². The van der Waals surface area contributed by atoms with E-state index < -0.39 is 0 Å². The predicted octanol–water partition coefficient (Wildman–Crippen LogP) is 7.26. The van der Waals surface area contributed by atoms with Crippen LogP contribution in [0.5, 0.6) is 0 Å². The molecule has 144 valence electrons. The summed E-state index contributed by atoms with van der Waals surface area (Å²) in [5.74, 6) is 0. The first-order valence-electron chi connectivity index (χ1n) is 9.82. The zero-order valence-corrected chi connectivity index (χ0v) is 17.7. The second-order valence-corrected chi connectivity index (χ2v) is 8.59. The van der Waals surface area contributed by atoms with Gasteiger partial charge in [0.25, 0.3) is 0 Å². The van der Waals surface area contributed by atoms with Crippen molar-refractivity contribution in [1.29, 1.82) is 0 Å². The number of hydrogen-bond donors (Lipinski definition) is 0. The van der Waals surface area contributed by atoms with Crippen molar-refractivity contribution >= 4 is 46.0 Å². The lowest BCUT2D eigenvalue weighted by Gasteiger charge is -2.31. The molecule has 5 rings (SSSR count). The van der Waals surface area contributed by atoms with Gasteiger partial charge >= 0.3 is 0 Å². The highest BCUT2D eigenvalue weighted by Gasteiger charge is 2.29. The summed E-state index contributed by atoms with van der Waals surface area (Å²) in [6.07, 6.45) is 4.44. The fourth-order valence-electron chi connectivity index (χ4n) is 4.03. The molecule has 4 heteroatoms. The molecular formula is C25H21ClN2S. The molecule has 1 atom stereocenters. The predicted molar refractivity (Wildman–Crippen MR) is 126 cm³/mol. The number of benzene rings is 3. The van der Waals surface area contributed by atoms with E-state index in [-0.39, 0.29) is 5.37 Å². The summed E-state index contributed by atoms with van der Waals surface area (Å²) >= 11 is 8.71. The standard InChI is InChI=1S/C25H21ClN2S/c1-2-27-22-14-8-9-15-23(22)29-25(27)17-18-16-24(26)28(19-10-4-3-5-11-19)21-13-7-6-12-20(18)21/h3-17,25H,2H2,1H3. The van der Waals surface area contributed by atoms with Crippen LogP contribution < -0.4 is 9.80 Å². The fraction of sp³-hybridized carbons (Fsp3) is 0.120. The second-order valence-electron chi connectivity index (χ2n) is 7.04. The summed E-state index contributed by atoms with van der Waals surface area (Å²) < 4.78 is 0. The molecular weight excluding hydrogens is 396 g/mol. The molecule has 1 unspecified atom stereocenters. The number of thioether (sulfide) groups is 1. The SMILES string of the molecule is CCN1c2ccccc2SC1C=C1C=C(Cl)N(c2ccccc2)c2ccccc21. The molecule has 0 spiro atoms. The Labute approximate surface area is 181 Å². The van der Waals surface area contributed by atoms with Crippen molar-refractivity contribution in [2.75, 3.05) is 16.3 Å². The Morgan fingerprint density at radius 3 is 2.38 bits per heavy atom. The highest BCUT2D eigenvalue weighted by molar-refractivity contribution is 8.00. The number of likely N-dealkylation sites (N-methyl/N-ethyl adjacent to an activating group) is 1. The van der Waals surface area contributed by atoms with Crippen LogP contribution in [-0.4, -0.2) is 11.9 Å². The molecule has 0 aromatic heterocycles. The van der Waals surface area contributed by atoms with E-state index in [0.717, 1.165) is 17.9 Å². The first-order valence-corrected chi connectivity index (χ1v) is 11.1. The number of nitrogens with zero attached hydrogens (tertiary/aromatic N) is 2. The second kappa shape index (κ2) is 7.66. The summed E-state index contributed by atoms with van der Waals surface area (Å²) in [6.45, 7) is 3.18. The van der Waals surface area contributed by atoms with Gasteiger partial charge in [-0.1, -0.05) is 71.9 Å². The van der Waals surface area contributed by atoms with Crippen LogP contribution in [0.25, 0.3) is 5.57 Å². The normalized spacial score (nSPS) is 19.2. The maximum Gasteiger partial charge on any atom is 0.114 e. The number of hydrogen-bond acceptors (Lipinski definition) is 3. The number of anilines is 3. The molecule has 3 aromatic carbocycles. The Bertz CT molecular complexity index is 1110. The lowest BCUT2D eigenvalue weighted by Crippen LogP contribution is -2.27. The molecule has 2 aliphatic rings. The van der Waals surface area contributed by atoms with E-state index in [1.165, 1.54) is 21.7 Å². The third-order valence-electron chi connectivity index (χ3n) is 5.35. The van der Waals surface area contributed by atoms with Gasteiger partial charge in [-0.05, 0) is 55.0 Å². The lowest BCUT2D eigenvalue weighted by atomic mass is 9.98. The molecule has 2 heterocycles. The van der Waals surface area contributed by atoms with Crippen LogP contribution in [0.15, 0.2) is 101 Å². The van der Waals surface area contributed by atoms with Crippen LogP contribution in [0, 0.1) is 0 Å². The molecule has 2 aliphatic heterocycles. The minimum Gasteiger partial charge on any atom is -0.355 e. The topological polar surface area (TPSA) is 6.48 Å². The molecule has 0 radical (unpaired) electrons. The van der Waals surface area contributed by atoms with Gasteiger partial charge in [0.05, 0.1) is 16.7 Å². The third-order valence-corrected chi connectivity index (χ3v) is 6.86. The van der Waals surface area contributed by atoms with Gasteiger partial charge in [0.2, 0.25) is 0 Å². The number of rotatable bonds is 3. The van der Waals surface area contributed by atoms with Crippen LogP contribution in [0.2, 0.25) is 0 Å². The molecule has 29 heavy (non-hydrogen) atoms. The number of allylic oxidation sites excluding steroid dienone is 2. The number of para-hydroxylation sites is 3. The minimum atomic E-state index is 0.254. The number of halogens is 1. The average Bonchev–Trinajstić information content (AvgIpc) is 3.11. The van der Waals surface area contributed by atoms with Crippen molar-refractivity contribution in [3.8, 4) is 0 Å². The first kappa shape index (κ1) is 18.4. The van der Waals surface area contributed by atoms with Crippen LogP contribution in [0.4, 0.5) is 17.1 Å². The van der Waals surface area contributed by atoms with Crippen molar-refractivity contribution in [1.82, 2.24) is 0 Å². The van der Waals surface area contributed by atoms with Crippen LogP contribution in [0.3, 0.4) is 0 Å². The summed E-state index contributed by atoms with van der Waals surface area (Å²) in [7, 11) is 0. The molecule has 0 aliphatic carbocycles. The Kier molecular flexibility index (Phi) is 4.86. The molecule has 0 bridgehead atoms. The van der Waals surface area contributed by atoms with Gasteiger partial charge in [-0.2, -0.15) is 0 Å². The van der Waals surface area contributed by atoms with Gasteiger partial charge in [-0.25, -0.2) is 0 Å². The Morgan fingerprint density at radius 2 is 1.59 bits per heavy atom. The molecule has 0 saturated heterocycles. The molecule has 0 saturated carbocycles. The Balaban J connectivity index is 1.58. The van der Waals surface area contributed by atoms with Gasteiger partial charge in [-0.3, -0.25) is 0 Å². The Hall–Kier alpha value is -2.62. The monoisotopic (exact) mass is 416 g/mol. The van der Waals surface area contributed by atoms with Crippen molar-refractivity contribution in [2.45, 2.75) is 17.2 Å². The van der Waals surface area contributed by atoms with E-state index in [0.29, 0.717) is 5.16 Å². The summed E-state index contributed by atoms with van der Waals surface area (Å²) in [5, 5.41) is 0.967. The van der Waals surface area contributed by atoms with Crippen molar-refractivity contribution in [3.63, 3.8) is 0 Å². The van der Waals surface area contributed by atoms with E-state index in [4.69, 9.17) is 11.6 Å². The maximum atomic E-state index is 6.81. The highest BCUT2D eigenvalue weighted by Crippen LogP contribution is 2.47.